The molecule has 3 rings (SSSR count). The summed E-state index contributed by atoms with van der Waals surface area (Å²) in [6.45, 7) is 2.21. The Morgan fingerprint density at radius 1 is 1.29 bits per heavy atom. The molecule has 0 aromatic heterocycles. The maximum Gasteiger partial charge on any atom is 0.254 e. The summed E-state index contributed by atoms with van der Waals surface area (Å²) >= 11 is 0. The van der Waals surface area contributed by atoms with E-state index in [4.69, 9.17) is 0 Å². The minimum Gasteiger partial charge on any atom is -0.329 e. The highest BCUT2D eigenvalue weighted by atomic mass is 16.2. The van der Waals surface area contributed by atoms with Crippen molar-refractivity contribution < 1.29 is 4.79 Å². The molecule has 2 aliphatic rings. The van der Waals surface area contributed by atoms with Gasteiger partial charge < -0.3 is 4.90 Å². The summed E-state index contributed by atoms with van der Waals surface area (Å²) in [6, 6.07) is 9.03. The van der Waals surface area contributed by atoms with Gasteiger partial charge in [-0.3, -0.25) is 4.79 Å². The largest absolute Gasteiger partial charge is 0.329 e. The molecule has 2 nitrogen and oxygen atoms in total. The molecule has 1 heterocycles. The smallest absolute Gasteiger partial charge is 0.254 e. The summed E-state index contributed by atoms with van der Waals surface area (Å²) < 4.78 is 0. The van der Waals surface area contributed by atoms with Crippen LogP contribution in [0.5, 0.6) is 0 Å². The summed E-state index contributed by atoms with van der Waals surface area (Å²) in [6.07, 6.45) is 5.92. The number of nitrogens with zero attached hydrogens (tertiary/aromatic N) is 1. The SMILES string of the molecule is CCCCC1c2ccccc2C(=O)N1C1CC1. The average molecular weight is 229 g/mol. The first-order chi connectivity index (χ1) is 8.33. The molecule has 1 atom stereocenters. The fourth-order valence-corrected chi connectivity index (χ4v) is 2.88. The molecule has 17 heavy (non-hydrogen) atoms. The van der Waals surface area contributed by atoms with E-state index in [0.29, 0.717) is 12.1 Å². The molecular weight excluding hydrogens is 210 g/mol. The van der Waals surface area contributed by atoms with Gasteiger partial charge in [-0.05, 0) is 30.9 Å². The molecule has 2 heteroatoms. The Kier molecular flexibility index (Phi) is 2.65. The van der Waals surface area contributed by atoms with Crippen LogP contribution in [-0.2, 0) is 0 Å². The van der Waals surface area contributed by atoms with Crippen molar-refractivity contribution in [2.75, 3.05) is 0 Å². The Morgan fingerprint density at radius 2 is 2.06 bits per heavy atom. The van der Waals surface area contributed by atoms with E-state index >= 15 is 0 Å². The highest BCUT2D eigenvalue weighted by molar-refractivity contribution is 5.99. The van der Waals surface area contributed by atoms with Gasteiger partial charge in [-0.15, -0.1) is 0 Å². The summed E-state index contributed by atoms with van der Waals surface area (Å²) in [5, 5.41) is 0. The van der Waals surface area contributed by atoms with E-state index in [0.717, 1.165) is 12.0 Å². The molecule has 1 unspecified atom stereocenters. The van der Waals surface area contributed by atoms with Crippen molar-refractivity contribution in [3.05, 3.63) is 35.4 Å². The number of benzene rings is 1. The number of unbranched alkanes of at least 4 members (excludes halogenated alkanes) is 1. The number of hydrogen-bond donors (Lipinski definition) is 0. The highest BCUT2D eigenvalue weighted by Gasteiger charge is 2.43. The van der Waals surface area contributed by atoms with Crippen molar-refractivity contribution >= 4 is 5.91 Å². The lowest BCUT2D eigenvalue weighted by Crippen LogP contribution is -2.30. The molecule has 90 valence electrons. The molecule has 1 aliphatic carbocycles. The number of fused-ring (bicyclic) bond motifs is 1. The predicted molar refractivity (Wildman–Crippen MR) is 67.9 cm³/mol. The van der Waals surface area contributed by atoms with E-state index in [-0.39, 0.29) is 5.91 Å². The van der Waals surface area contributed by atoms with E-state index in [1.54, 1.807) is 0 Å². The molecule has 1 saturated carbocycles. The Balaban J connectivity index is 1.93. The standard InChI is InChI=1S/C15H19NO/c1-2-3-8-14-12-6-4-5-7-13(12)15(17)16(14)11-9-10-11/h4-7,11,14H,2-3,8-10H2,1H3. The van der Waals surface area contributed by atoms with E-state index < -0.39 is 0 Å². The Hall–Kier alpha value is -1.31. The van der Waals surface area contributed by atoms with Crippen LogP contribution in [-0.4, -0.2) is 16.8 Å². The van der Waals surface area contributed by atoms with Gasteiger partial charge in [0.25, 0.3) is 5.91 Å². The first-order valence-corrected chi connectivity index (χ1v) is 6.74. The second-order valence-corrected chi connectivity index (χ2v) is 5.19. The first kappa shape index (κ1) is 10.8. The van der Waals surface area contributed by atoms with Crippen LogP contribution >= 0.6 is 0 Å². The number of carbonyl (C=O) groups excluding carboxylic acids is 1. The Bertz CT molecular complexity index is 436. The average Bonchev–Trinajstić information content (AvgIpc) is 3.14. The zero-order valence-corrected chi connectivity index (χ0v) is 10.4. The van der Waals surface area contributed by atoms with Crippen molar-refractivity contribution in [2.24, 2.45) is 0 Å². The van der Waals surface area contributed by atoms with Gasteiger partial charge in [0.1, 0.15) is 0 Å². The molecule has 0 bridgehead atoms. The topological polar surface area (TPSA) is 20.3 Å². The maximum absolute atomic E-state index is 12.4. The zero-order valence-electron chi connectivity index (χ0n) is 10.4. The number of hydrogen-bond acceptors (Lipinski definition) is 1. The number of carbonyl (C=O) groups is 1. The monoisotopic (exact) mass is 229 g/mol. The molecule has 0 radical (unpaired) electrons. The van der Waals surface area contributed by atoms with Crippen LogP contribution in [0.25, 0.3) is 0 Å². The molecule has 1 aliphatic heterocycles. The first-order valence-electron chi connectivity index (χ1n) is 6.74. The van der Waals surface area contributed by atoms with Gasteiger partial charge in [-0.2, -0.15) is 0 Å². The molecule has 0 saturated heterocycles. The number of amides is 1. The van der Waals surface area contributed by atoms with Crippen LogP contribution in [0.3, 0.4) is 0 Å². The van der Waals surface area contributed by atoms with Crippen LogP contribution in [0, 0.1) is 0 Å². The van der Waals surface area contributed by atoms with Gasteiger partial charge in [0, 0.05) is 11.6 Å². The second kappa shape index (κ2) is 4.17. The summed E-state index contributed by atoms with van der Waals surface area (Å²) in [5.41, 5.74) is 2.21. The van der Waals surface area contributed by atoms with Gasteiger partial charge in [0.05, 0.1) is 6.04 Å². The third-order valence-corrected chi connectivity index (χ3v) is 3.89. The van der Waals surface area contributed by atoms with Gasteiger partial charge in [-0.25, -0.2) is 0 Å². The molecular formula is C15H19NO. The zero-order chi connectivity index (χ0) is 11.8. The third kappa shape index (κ3) is 1.76. The van der Waals surface area contributed by atoms with E-state index in [1.807, 2.05) is 12.1 Å². The quantitative estimate of drug-likeness (QED) is 0.773. The lowest BCUT2D eigenvalue weighted by molar-refractivity contribution is 0.0699. The molecule has 1 fully saturated rings. The summed E-state index contributed by atoms with van der Waals surface area (Å²) in [7, 11) is 0. The van der Waals surface area contributed by atoms with Gasteiger partial charge in [-0.1, -0.05) is 38.0 Å². The molecule has 1 aromatic rings. The fraction of sp³-hybridized carbons (Fsp3) is 0.533. The van der Waals surface area contributed by atoms with Crippen molar-refractivity contribution in [1.29, 1.82) is 0 Å². The molecule has 1 amide bonds. The van der Waals surface area contributed by atoms with Crippen LogP contribution < -0.4 is 0 Å². The molecule has 0 N–H and O–H groups in total. The van der Waals surface area contributed by atoms with Crippen molar-refractivity contribution in [3.8, 4) is 0 Å². The van der Waals surface area contributed by atoms with Crippen LogP contribution in [0.1, 0.15) is 61.0 Å². The fourth-order valence-electron chi connectivity index (χ4n) is 2.88. The Morgan fingerprint density at radius 3 is 2.76 bits per heavy atom. The summed E-state index contributed by atoms with van der Waals surface area (Å²) in [4.78, 5) is 14.5. The normalized spacial score (nSPS) is 23.0. The van der Waals surface area contributed by atoms with Crippen molar-refractivity contribution in [3.63, 3.8) is 0 Å². The van der Waals surface area contributed by atoms with Crippen LogP contribution in [0.4, 0.5) is 0 Å². The molecule has 0 spiro atoms. The molecule has 1 aromatic carbocycles. The van der Waals surface area contributed by atoms with Gasteiger partial charge in [0.15, 0.2) is 0 Å². The van der Waals surface area contributed by atoms with Crippen LogP contribution in [0.2, 0.25) is 0 Å². The van der Waals surface area contributed by atoms with E-state index in [2.05, 4.69) is 24.0 Å². The predicted octanol–water partition coefficient (Wildman–Crippen LogP) is 3.54. The lowest BCUT2D eigenvalue weighted by atomic mass is 10.0. The van der Waals surface area contributed by atoms with Crippen molar-refractivity contribution in [1.82, 2.24) is 4.90 Å². The number of rotatable bonds is 4. The minimum absolute atomic E-state index is 0.268. The third-order valence-electron chi connectivity index (χ3n) is 3.89. The minimum atomic E-state index is 0.268. The second-order valence-electron chi connectivity index (χ2n) is 5.19. The van der Waals surface area contributed by atoms with Crippen molar-refractivity contribution in [2.45, 2.75) is 51.1 Å². The van der Waals surface area contributed by atoms with E-state index in [1.165, 1.54) is 31.2 Å². The lowest BCUT2D eigenvalue weighted by Gasteiger charge is -2.25. The van der Waals surface area contributed by atoms with Crippen LogP contribution in [0.15, 0.2) is 24.3 Å². The van der Waals surface area contributed by atoms with Gasteiger partial charge in [0.2, 0.25) is 0 Å². The highest BCUT2D eigenvalue weighted by Crippen LogP contribution is 2.43. The van der Waals surface area contributed by atoms with E-state index in [9.17, 15) is 4.79 Å². The van der Waals surface area contributed by atoms with Gasteiger partial charge >= 0.3 is 0 Å². The maximum atomic E-state index is 12.4. The summed E-state index contributed by atoms with van der Waals surface area (Å²) in [5.74, 6) is 0.268. The Labute approximate surface area is 103 Å².